The number of rotatable bonds is 8. The molecular weight excluding hydrogens is 368 g/mol. The van der Waals surface area contributed by atoms with Gasteiger partial charge in [0.25, 0.3) is 11.8 Å². The molecule has 0 aliphatic rings. The second-order valence-electron chi connectivity index (χ2n) is 6.95. The summed E-state index contributed by atoms with van der Waals surface area (Å²) in [5, 5.41) is 5.52. The Morgan fingerprint density at radius 3 is 2.03 bits per heavy atom. The van der Waals surface area contributed by atoms with E-state index >= 15 is 0 Å². The van der Waals surface area contributed by atoms with Crippen LogP contribution in [0.15, 0.2) is 54.6 Å². The average molecular weight is 397 g/mol. The number of benzene rings is 2. The van der Waals surface area contributed by atoms with E-state index in [2.05, 4.69) is 10.6 Å². The van der Waals surface area contributed by atoms with Crippen LogP contribution in [0.25, 0.3) is 0 Å². The summed E-state index contributed by atoms with van der Waals surface area (Å²) in [6, 6.07) is 16.0. The lowest BCUT2D eigenvalue weighted by Gasteiger charge is -2.27. The summed E-state index contributed by atoms with van der Waals surface area (Å²) in [6.45, 7) is 6.06. The van der Waals surface area contributed by atoms with Crippen molar-refractivity contribution < 1.29 is 19.3 Å². The van der Waals surface area contributed by atoms with Crippen molar-refractivity contribution in [1.29, 1.82) is 0 Å². The van der Waals surface area contributed by atoms with Crippen LogP contribution in [-0.4, -0.2) is 43.9 Å². The zero-order chi connectivity index (χ0) is 21.4. The summed E-state index contributed by atoms with van der Waals surface area (Å²) in [5.41, 5.74) is 2.13. The zero-order valence-corrected chi connectivity index (χ0v) is 17.4. The number of hydrogen-bond donors (Lipinski definition) is 3. The van der Waals surface area contributed by atoms with Crippen LogP contribution in [0.3, 0.4) is 0 Å². The Morgan fingerprint density at radius 2 is 1.52 bits per heavy atom. The SMILES string of the molecule is CC[NH+](CC(=O)Nc1ccc(NC(C)=O)cc1)[C@H](C)C(=O)N(C)c1ccccc1. The van der Waals surface area contributed by atoms with Crippen molar-refractivity contribution in [3.8, 4) is 0 Å². The van der Waals surface area contributed by atoms with Gasteiger partial charge in [0.15, 0.2) is 12.6 Å². The van der Waals surface area contributed by atoms with Crippen LogP contribution < -0.4 is 20.4 Å². The molecular formula is C22H29N4O3+. The Kier molecular flexibility index (Phi) is 7.91. The van der Waals surface area contributed by atoms with E-state index in [9.17, 15) is 14.4 Å². The summed E-state index contributed by atoms with van der Waals surface area (Å²) in [5.74, 6) is -0.361. The molecule has 2 aromatic rings. The smallest absolute Gasteiger partial charge is 0.284 e. The topological polar surface area (TPSA) is 83.0 Å². The molecule has 2 aromatic carbocycles. The first kappa shape index (κ1) is 22.1. The molecule has 0 spiro atoms. The van der Waals surface area contributed by atoms with E-state index in [-0.39, 0.29) is 30.3 Å². The number of nitrogens with zero attached hydrogens (tertiary/aromatic N) is 1. The van der Waals surface area contributed by atoms with Crippen molar-refractivity contribution in [1.82, 2.24) is 0 Å². The van der Waals surface area contributed by atoms with Gasteiger partial charge in [-0.2, -0.15) is 0 Å². The van der Waals surface area contributed by atoms with E-state index in [0.717, 1.165) is 10.6 Å². The second kappa shape index (κ2) is 10.4. The molecule has 0 radical (unpaired) electrons. The van der Waals surface area contributed by atoms with Crippen molar-refractivity contribution in [2.24, 2.45) is 0 Å². The third-order valence-corrected chi connectivity index (χ3v) is 4.79. The number of hydrogen-bond acceptors (Lipinski definition) is 3. The second-order valence-corrected chi connectivity index (χ2v) is 6.95. The maximum atomic E-state index is 12.8. The van der Waals surface area contributed by atoms with E-state index in [4.69, 9.17) is 0 Å². The van der Waals surface area contributed by atoms with Crippen LogP contribution in [0.5, 0.6) is 0 Å². The minimum atomic E-state index is -0.363. The van der Waals surface area contributed by atoms with Crippen molar-refractivity contribution in [2.45, 2.75) is 26.8 Å². The summed E-state index contributed by atoms with van der Waals surface area (Å²) in [6.07, 6.45) is 0. The standard InChI is InChI=1S/C22H28N4O3/c1-5-26(16(2)22(29)25(4)20-9-7-6-8-10-20)15-21(28)24-19-13-11-18(12-14-19)23-17(3)27/h6-14,16H,5,15H2,1-4H3,(H,23,27)(H,24,28)/p+1/t16-/m1/s1. The molecule has 3 N–H and O–H groups in total. The first-order chi connectivity index (χ1) is 13.8. The van der Waals surface area contributed by atoms with Crippen molar-refractivity contribution in [3.05, 3.63) is 54.6 Å². The van der Waals surface area contributed by atoms with Gasteiger partial charge in [0.2, 0.25) is 5.91 Å². The number of anilines is 3. The van der Waals surface area contributed by atoms with E-state index in [1.807, 2.05) is 44.2 Å². The van der Waals surface area contributed by atoms with Gasteiger partial charge >= 0.3 is 0 Å². The molecule has 0 saturated carbocycles. The number of likely N-dealkylation sites (N-methyl/N-ethyl adjacent to an activating group) is 2. The predicted molar refractivity (Wildman–Crippen MR) is 115 cm³/mol. The maximum absolute atomic E-state index is 12.8. The molecule has 0 aliphatic carbocycles. The highest BCUT2D eigenvalue weighted by atomic mass is 16.2. The zero-order valence-electron chi connectivity index (χ0n) is 17.4. The Balaban J connectivity index is 1.96. The number of carbonyl (C=O) groups excluding carboxylic acids is 3. The number of quaternary nitrogens is 1. The third kappa shape index (κ3) is 6.43. The molecule has 7 heteroatoms. The minimum Gasteiger partial charge on any atom is -0.326 e. The van der Waals surface area contributed by atoms with Gasteiger partial charge in [0.1, 0.15) is 0 Å². The van der Waals surface area contributed by atoms with Gasteiger partial charge in [-0.3, -0.25) is 14.4 Å². The molecule has 0 aliphatic heterocycles. The molecule has 0 bridgehead atoms. The van der Waals surface area contributed by atoms with Gasteiger partial charge in [-0.25, -0.2) is 0 Å². The van der Waals surface area contributed by atoms with Crippen molar-refractivity contribution in [3.63, 3.8) is 0 Å². The number of amides is 3. The molecule has 2 atom stereocenters. The fraction of sp³-hybridized carbons (Fsp3) is 0.318. The molecule has 3 amide bonds. The molecule has 154 valence electrons. The summed E-state index contributed by atoms with van der Waals surface area (Å²) >= 11 is 0. The average Bonchev–Trinajstić information content (AvgIpc) is 2.72. The Labute approximate surface area is 171 Å². The van der Waals surface area contributed by atoms with Crippen molar-refractivity contribution >= 4 is 34.8 Å². The number of carbonyl (C=O) groups is 3. The van der Waals surface area contributed by atoms with Gasteiger partial charge in [0.05, 0.1) is 6.54 Å². The summed E-state index contributed by atoms with van der Waals surface area (Å²) in [4.78, 5) is 38.9. The van der Waals surface area contributed by atoms with Crippen LogP contribution in [0.2, 0.25) is 0 Å². The van der Waals surface area contributed by atoms with Crippen LogP contribution in [-0.2, 0) is 14.4 Å². The number of para-hydroxylation sites is 1. The van der Waals surface area contributed by atoms with Crippen LogP contribution in [0.4, 0.5) is 17.1 Å². The molecule has 0 fully saturated rings. The van der Waals surface area contributed by atoms with Gasteiger partial charge in [-0.05, 0) is 50.2 Å². The molecule has 0 heterocycles. The maximum Gasteiger partial charge on any atom is 0.284 e. The molecule has 7 nitrogen and oxygen atoms in total. The normalized spacial score (nSPS) is 12.6. The molecule has 2 rings (SSSR count). The first-order valence-electron chi connectivity index (χ1n) is 9.66. The van der Waals surface area contributed by atoms with Crippen molar-refractivity contribution in [2.75, 3.05) is 35.7 Å². The molecule has 1 unspecified atom stereocenters. The van der Waals surface area contributed by atoms with Gasteiger partial charge in [0, 0.05) is 31.0 Å². The van der Waals surface area contributed by atoms with E-state index in [1.165, 1.54) is 6.92 Å². The van der Waals surface area contributed by atoms with Crippen LogP contribution in [0.1, 0.15) is 20.8 Å². The fourth-order valence-corrected chi connectivity index (χ4v) is 3.08. The lowest BCUT2D eigenvalue weighted by Crippen LogP contribution is -3.17. The first-order valence-corrected chi connectivity index (χ1v) is 9.66. The van der Waals surface area contributed by atoms with E-state index in [0.29, 0.717) is 17.9 Å². The quantitative estimate of drug-likeness (QED) is 0.632. The minimum absolute atomic E-state index is 0.0412. The van der Waals surface area contributed by atoms with E-state index in [1.54, 1.807) is 36.2 Å². The lowest BCUT2D eigenvalue weighted by atomic mass is 10.2. The van der Waals surface area contributed by atoms with Gasteiger partial charge in [-0.1, -0.05) is 18.2 Å². The highest BCUT2D eigenvalue weighted by molar-refractivity contribution is 5.96. The van der Waals surface area contributed by atoms with Crippen LogP contribution >= 0.6 is 0 Å². The van der Waals surface area contributed by atoms with E-state index < -0.39 is 0 Å². The van der Waals surface area contributed by atoms with Gasteiger partial charge in [-0.15, -0.1) is 0 Å². The lowest BCUT2D eigenvalue weighted by molar-refractivity contribution is -0.904. The molecule has 29 heavy (non-hydrogen) atoms. The largest absolute Gasteiger partial charge is 0.326 e. The fourth-order valence-electron chi connectivity index (χ4n) is 3.08. The predicted octanol–water partition coefficient (Wildman–Crippen LogP) is 1.54. The highest BCUT2D eigenvalue weighted by Crippen LogP contribution is 2.13. The van der Waals surface area contributed by atoms with Crippen LogP contribution in [0, 0.1) is 0 Å². The Hall–Kier alpha value is -3.19. The van der Waals surface area contributed by atoms with Gasteiger partial charge < -0.3 is 20.4 Å². The monoisotopic (exact) mass is 397 g/mol. The Bertz CT molecular complexity index is 837. The summed E-state index contributed by atoms with van der Waals surface area (Å²) in [7, 11) is 1.75. The highest BCUT2D eigenvalue weighted by Gasteiger charge is 2.29. The number of nitrogens with one attached hydrogen (secondary N) is 3. The third-order valence-electron chi connectivity index (χ3n) is 4.79. The molecule has 0 aromatic heterocycles. The molecule has 0 saturated heterocycles. The Morgan fingerprint density at radius 1 is 0.966 bits per heavy atom. The summed E-state index contributed by atoms with van der Waals surface area (Å²) < 4.78 is 0.